The molecule has 7 nitrogen and oxygen atoms in total. The Labute approximate surface area is 142 Å². The van der Waals surface area contributed by atoms with Crippen LogP contribution in [0, 0.1) is 0 Å². The predicted octanol–water partition coefficient (Wildman–Crippen LogP) is 2.06. The molecule has 1 aliphatic heterocycles. The molecule has 0 spiro atoms. The minimum atomic E-state index is 0.635. The highest BCUT2D eigenvalue weighted by Crippen LogP contribution is 2.20. The monoisotopic (exact) mass is 331 g/mol. The van der Waals surface area contributed by atoms with Crippen molar-refractivity contribution < 1.29 is 9.26 Å². The molecule has 0 N–H and O–H groups in total. The lowest BCUT2D eigenvalue weighted by Crippen LogP contribution is -2.37. The van der Waals surface area contributed by atoms with Gasteiger partial charge in [0.2, 0.25) is 5.95 Å². The summed E-state index contributed by atoms with van der Waals surface area (Å²) in [6.45, 7) is 7.93. The van der Waals surface area contributed by atoms with Crippen LogP contribution in [0.1, 0.15) is 31.0 Å². The summed E-state index contributed by atoms with van der Waals surface area (Å²) in [5.41, 5.74) is 2.02. The first-order valence-electron chi connectivity index (χ1n) is 8.55. The van der Waals surface area contributed by atoms with Gasteiger partial charge in [-0.25, -0.2) is 4.98 Å². The Kier molecular flexibility index (Phi) is 5.30. The van der Waals surface area contributed by atoms with Crippen LogP contribution < -0.4 is 9.80 Å². The maximum atomic E-state index is 5.42. The van der Waals surface area contributed by atoms with Gasteiger partial charge in [0.25, 0.3) is 0 Å². The van der Waals surface area contributed by atoms with Gasteiger partial charge in [-0.3, -0.25) is 0 Å². The zero-order valence-corrected chi connectivity index (χ0v) is 14.7. The molecule has 3 rings (SSSR count). The van der Waals surface area contributed by atoms with Crippen molar-refractivity contribution in [1.82, 2.24) is 15.1 Å². The van der Waals surface area contributed by atoms with Crippen LogP contribution in [0.15, 0.2) is 16.7 Å². The average Bonchev–Trinajstić information content (AvgIpc) is 3.09. The molecule has 0 aromatic carbocycles. The van der Waals surface area contributed by atoms with Crippen molar-refractivity contribution in [3.05, 3.63) is 29.3 Å². The van der Waals surface area contributed by atoms with Gasteiger partial charge >= 0.3 is 0 Å². The minimum absolute atomic E-state index is 0.635. The van der Waals surface area contributed by atoms with Crippen LogP contribution >= 0.6 is 0 Å². The first kappa shape index (κ1) is 16.7. The number of hydrogen-bond acceptors (Lipinski definition) is 7. The van der Waals surface area contributed by atoms with Crippen molar-refractivity contribution in [1.29, 1.82) is 0 Å². The molecule has 0 unspecified atom stereocenters. The maximum Gasteiger partial charge on any atom is 0.227 e. The summed E-state index contributed by atoms with van der Waals surface area (Å²) in [5.74, 6) is 2.53. The molecule has 1 fully saturated rings. The molecule has 24 heavy (non-hydrogen) atoms. The first-order valence-corrected chi connectivity index (χ1v) is 8.55. The topological polar surface area (TPSA) is 67.5 Å². The Morgan fingerprint density at radius 1 is 1.08 bits per heavy atom. The van der Waals surface area contributed by atoms with E-state index in [0.29, 0.717) is 6.54 Å². The lowest BCUT2D eigenvalue weighted by molar-refractivity contribution is 0.122. The molecular weight excluding hydrogens is 306 g/mol. The zero-order chi connectivity index (χ0) is 16.9. The van der Waals surface area contributed by atoms with Gasteiger partial charge < -0.3 is 19.1 Å². The maximum absolute atomic E-state index is 5.42. The first-order chi connectivity index (χ1) is 11.7. The normalized spacial score (nSPS) is 14.9. The number of aryl methyl sites for hydroxylation is 2. The molecule has 0 atom stereocenters. The third-order valence-electron chi connectivity index (χ3n) is 4.16. The second-order valence-corrected chi connectivity index (χ2v) is 5.96. The summed E-state index contributed by atoms with van der Waals surface area (Å²) in [7, 11) is 2.01. The lowest BCUT2D eigenvalue weighted by Gasteiger charge is -2.28. The molecule has 2 aromatic heterocycles. The minimum Gasteiger partial charge on any atom is -0.378 e. The van der Waals surface area contributed by atoms with Crippen LogP contribution in [0.2, 0.25) is 0 Å². The molecule has 0 saturated carbocycles. The van der Waals surface area contributed by atoms with Gasteiger partial charge in [0.05, 0.1) is 25.5 Å². The van der Waals surface area contributed by atoms with E-state index in [1.54, 1.807) is 0 Å². The molecule has 2 aromatic rings. The van der Waals surface area contributed by atoms with Crippen molar-refractivity contribution in [2.75, 3.05) is 43.2 Å². The van der Waals surface area contributed by atoms with E-state index in [0.717, 1.165) is 68.1 Å². The fraction of sp³-hybridized carbons (Fsp3) is 0.588. The molecular formula is C17H25N5O2. The second-order valence-electron chi connectivity index (χ2n) is 5.96. The van der Waals surface area contributed by atoms with Gasteiger partial charge in [0.1, 0.15) is 5.82 Å². The van der Waals surface area contributed by atoms with Crippen molar-refractivity contribution in [2.45, 2.75) is 33.2 Å². The summed E-state index contributed by atoms with van der Waals surface area (Å²) in [6.07, 6.45) is 1.75. The van der Waals surface area contributed by atoms with E-state index in [4.69, 9.17) is 14.2 Å². The summed E-state index contributed by atoms with van der Waals surface area (Å²) >= 11 is 0. The van der Waals surface area contributed by atoms with Crippen LogP contribution in [0.4, 0.5) is 11.8 Å². The number of nitrogens with zero attached hydrogens (tertiary/aromatic N) is 5. The van der Waals surface area contributed by atoms with E-state index in [9.17, 15) is 0 Å². The molecule has 1 aliphatic rings. The van der Waals surface area contributed by atoms with Crippen LogP contribution in [-0.4, -0.2) is 48.5 Å². The van der Waals surface area contributed by atoms with Crippen LogP contribution in [0.25, 0.3) is 0 Å². The predicted molar refractivity (Wildman–Crippen MR) is 92.4 cm³/mol. The van der Waals surface area contributed by atoms with E-state index in [1.807, 2.05) is 19.2 Å². The van der Waals surface area contributed by atoms with E-state index in [-0.39, 0.29) is 0 Å². The molecule has 0 bridgehead atoms. The van der Waals surface area contributed by atoms with E-state index in [2.05, 4.69) is 33.8 Å². The number of rotatable bonds is 6. The van der Waals surface area contributed by atoms with Crippen molar-refractivity contribution in [2.24, 2.45) is 0 Å². The molecule has 0 radical (unpaired) electrons. The number of hydrogen-bond donors (Lipinski definition) is 0. The number of morpholine rings is 1. The number of anilines is 2. The third kappa shape index (κ3) is 3.84. The van der Waals surface area contributed by atoms with Crippen molar-refractivity contribution in [3.8, 4) is 0 Å². The van der Waals surface area contributed by atoms with Gasteiger partial charge in [-0.15, -0.1) is 0 Å². The van der Waals surface area contributed by atoms with E-state index in [1.165, 1.54) is 0 Å². The second kappa shape index (κ2) is 7.61. The molecule has 1 saturated heterocycles. The molecule has 0 amide bonds. The largest absolute Gasteiger partial charge is 0.378 e. The standard InChI is InChI=1S/C17H25N5O2/c1-4-13-11-16(19-17(18-13)22-6-8-23-9-7-22)21(3)12-15-10-14(5-2)20-24-15/h10-11H,4-9,12H2,1-3H3. The van der Waals surface area contributed by atoms with Gasteiger partial charge in [-0.2, -0.15) is 4.98 Å². The summed E-state index contributed by atoms with van der Waals surface area (Å²) in [6, 6.07) is 4.04. The summed E-state index contributed by atoms with van der Waals surface area (Å²) < 4.78 is 10.8. The van der Waals surface area contributed by atoms with Gasteiger partial charge in [0.15, 0.2) is 5.76 Å². The van der Waals surface area contributed by atoms with Gasteiger partial charge in [-0.05, 0) is 12.8 Å². The van der Waals surface area contributed by atoms with Crippen LogP contribution in [0.3, 0.4) is 0 Å². The Bertz CT molecular complexity index is 667. The van der Waals surface area contributed by atoms with Crippen LogP contribution in [-0.2, 0) is 24.1 Å². The fourth-order valence-corrected chi connectivity index (χ4v) is 2.66. The third-order valence-corrected chi connectivity index (χ3v) is 4.16. The van der Waals surface area contributed by atoms with Crippen molar-refractivity contribution >= 4 is 11.8 Å². The smallest absolute Gasteiger partial charge is 0.227 e. The lowest BCUT2D eigenvalue weighted by atomic mass is 10.3. The zero-order valence-electron chi connectivity index (χ0n) is 14.7. The van der Waals surface area contributed by atoms with Gasteiger partial charge in [-0.1, -0.05) is 19.0 Å². The molecule has 7 heteroatoms. The van der Waals surface area contributed by atoms with Crippen LogP contribution in [0.5, 0.6) is 0 Å². The quantitative estimate of drug-likeness (QED) is 0.802. The van der Waals surface area contributed by atoms with Crippen molar-refractivity contribution in [3.63, 3.8) is 0 Å². The summed E-state index contributed by atoms with van der Waals surface area (Å²) in [5, 5.41) is 4.05. The Hall–Kier alpha value is -2.15. The molecule has 0 aliphatic carbocycles. The molecule has 130 valence electrons. The van der Waals surface area contributed by atoms with E-state index >= 15 is 0 Å². The Balaban J connectivity index is 1.80. The highest BCUT2D eigenvalue weighted by Gasteiger charge is 2.17. The Morgan fingerprint density at radius 3 is 2.50 bits per heavy atom. The Morgan fingerprint density at radius 2 is 1.83 bits per heavy atom. The summed E-state index contributed by atoms with van der Waals surface area (Å²) in [4.78, 5) is 13.7. The SMILES string of the molecule is CCc1cc(CN(C)c2cc(CC)nc(N3CCOCC3)n2)on1. The number of aromatic nitrogens is 3. The highest BCUT2D eigenvalue weighted by atomic mass is 16.5. The average molecular weight is 331 g/mol. The van der Waals surface area contributed by atoms with E-state index < -0.39 is 0 Å². The molecule has 3 heterocycles. The fourth-order valence-electron chi connectivity index (χ4n) is 2.66. The van der Waals surface area contributed by atoms with Gasteiger partial charge in [0, 0.05) is 38.0 Å². The highest BCUT2D eigenvalue weighted by molar-refractivity contribution is 5.46. The number of ether oxygens (including phenoxy) is 1.